The van der Waals surface area contributed by atoms with Gasteiger partial charge in [-0.05, 0) is 44.2 Å². The van der Waals surface area contributed by atoms with Crippen LogP contribution in [0.25, 0.3) is 10.8 Å². The third kappa shape index (κ3) is 4.04. The summed E-state index contributed by atoms with van der Waals surface area (Å²) in [6, 6.07) is 12.4. The van der Waals surface area contributed by atoms with E-state index in [-0.39, 0.29) is 17.9 Å². The predicted molar refractivity (Wildman–Crippen MR) is 122 cm³/mol. The van der Waals surface area contributed by atoms with Crippen LogP contribution in [0, 0.1) is 11.3 Å². The van der Waals surface area contributed by atoms with Gasteiger partial charge >= 0.3 is 6.18 Å². The van der Waals surface area contributed by atoms with Crippen molar-refractivity contribution >= 4 is 28.0 Å². The second-order valence-electron chi connectivity index (χ2n) is 8.48. The number of fused-ring (bicyclic) bond motifs is 1. The maximum atomic E-state index is 13.5. The third-order valence-corrected chi connectivity index (χ3v) is 5.95. The number of pyridine rings is 1. The molecule has 176 valence electrons. The minimum Gasteiger partial charge on any atom is -0.384 e. The first-order valence-corrected chi connectivity index (χ1v) is 10.5. The average Bonchev–Trinajstić information content (AvgIpc) is 2.96. The van der Waals surface area contributed by atoms with Gasteiger partial charge in [-0.3, -0.25) is 4.98 Å². The van der Waals surface area contributed by atoms with E-state index in [2.05, 4.69) is 15.3 Å². The van der Waals surface area contributed by atoms with Crippen LogP contribution >= 0.6 is 0 Å². The first-order valence-electron chi connectivity index (χ1n) is 10.5. The lowest BCUT2D eigenvalue weighted by molar-refractivity contribution is -0.185. The summed E-state index contributed by atoms with van der Waals surface area (Å²) in [5.74, 6) is -2.33. The van der Waals surface area contributed by atoms with Crippen LogP contribution in [0.2, 0.25) is 0 Å². The Morgan fingerprint density at radius 1 is 1.15 bits per heavy atom. The Bertz CT molecular complexity index is 1310. The van der Waals surface area contributed by atoms with E-state index >= 15 is 0 Å². The molecule has 1 aromatic heterocycles. The van der Waals surface area contributed by atoms with Crippen LogP contribution in [0.1, 0.15) is 31.4 Å². The fourth-order valence-electron chi connectivity index (χ4n) is 4.07. The van der Waals surface area contributed by atoms with Crippen molar-refractivity contribution in [2.75, 3.05) is 16.8 Å². The quantitative estimate of drug-likeness (QED) is 0.483. The SMILES string of the molecule is CC1(C)N(c2ccc(C#N)c(C(F)(F)F)c2)C(CCNc2cccc3cnccc23)=NC1(O)O. The lowest BCUT2D eigenvalue weighted by Gasteiger charge is -2.39. The topological polar surface area (TPSA) is 105 Å². The molecule has 0 aliphatic carbocycles. The van der Waals surface area contributed by atoms with Crippen LogP contribution < -0.4 is 10.2 Å². The largest absolute Gasteiger partial charge is 0.417 e. The molecule has 0 atom stereocenters. The fourth-order valence-corrected chi connectivity index (χ4v) is 4.07. The lowest BCUT2D eigenvalue weighted by atomic mass is 9.97. The number of hydrogen-bond acceptors (Lipinski definition) is 7. The van der Waals surface area contributed by atoms with E-state index in [0.717, 1.165) is 28.6 Å². The third-order valence-electron chi connectivity index (χ3n) is 5.95. The highest BCUT2D eigenvalue weighted by Gasteiger charge is 2.54. The minimum absolute atomic E-state index is 0.0521. The zero-order valence-electron chi connectivity index (χ0n) is 18.4. The van der Waals surface area contributed by atoms with Crippen molar-refractivity contribution in [3.63, 3.8) is 0 Å². The van der Waals surface area contributed by atoms with E-state index in [1.165, 1.54) is 24.8 Å². The Hall–Kier alpha value is -3.68. The molecule has 4 rings (SSSR count). The number of hydrogen-bond donors (Lipinski definition) is 3. The van der Waals surface area contributed by atoms with Crippen LogP contribution in [-0.4, -0.2) is 39.0 Å². The molecule has 0 amide bonds. The van der Waals surface area contributed by atoms with E-state index in [9.17, 15) is 23.4 Å². The molecule has 7 nitrogen and oxygen atoms in total. The highest BCUT2D eigenvalue weighted by atomic mass is 19.4. The van der Waals surface area contributed by atoms with Gasteiger partial charge in [0.05, 0.1) is 17.2 Å². The molecule has 1 aliphatic rings. The molecule has 10 heteroatoms. The summed E-state index contributed by atoms with van der Waals surface area (Å²) in [7, 11) is 0. The first-order chi connectivity index (χ1) is 16.0. The Kier molecular flexibility index (Phi) is 5.71. The number of amidine groups is 1. The Balaban J connectivity index is 1.64. The number of benzene rings is 2. The maximum absolute atomic E-state index is 13.5. The smallest absolute Gasteiger partial charge is 0.384 e. The predicted octanol–water partition coefficient (Wildman–Crippen LogP) is 4.26. The molecule has 2 heterocycles. The van der Waals surface area contributed by atoms with Gasteiger partial charge in [-0.15, -0.1) is 0 Å². The highest BCUT2D eigenvalue weighted by Crippen LogP contribution is 2.41. The van der Waals surface area contributed by atoms with E-state index < -0.39 is 28.8 Å². The second-order valence-corrected chi connectivity index (χ2v) is 8.48. The van der Waals surface area contributed by atoms with Crippen molar-refractivity contribution in [1.29, 1.82) is 5.26 Å². The summed E-state index contributed by atoms with van der Waals surface area (Å²) in [5.41, 5.74) is -2.20. The summed E-state index contributed by atoms with van der Waals surface area (Å²) < 4.78 is 40.6. The van der Waals surface area contributed by atoms with Gasteiger partial charge in [0.1, 0.15) is 11.4 Å². The number of alkyl halides is 3. The molecular weight excluding hydrogens is 447 g/mol. The van der Waals surface area contributed by atoms with E-state index in [4.69, 9.17) is 5.26 Å². The number of halogens is 3. The molecule has 3 N–H and O–H groups in total. The molecule has 0 saturated carbocycles. The van der Waals surface area contributed by atoms with Crippen molar-refractivity contribution in [1.82, 2.24) is 4.98 Å². The van der Waals surface area contributed by atoms with Crippen molar-refractivity contribution in [3.8, 4) is 6.07 Å². The number of rotatable bonds is 5. The second kappa shape index (κ2) is 8.27. The summed E-state index contributed by atoms with van der Waals surface area (Å²) >= 11 is 0. The number of nitriles is 1. The van der Waals surface area contributed by atoms with Gasteiger partial charge in [0.2, 0.25) is 0 Å². The van der Waals surface area contributed by atoms with Crippen LogP contribution in [0.15, 0.2) is 59.9 Å². The van der Waals surface area contributed by atoms with Crippen molar-refractivity contribution < 1.29 is 23.4 Å². The number of aliphatic imine (C=N–C) groups is 1. The Morgan fingerprint density at radius 2 is 1.91 bits per heavy atom. The zero-order chi connectivity index (χ0) is 24.7. The number of anilines is 2. The summed E-state index contributed by atoms with van der Waals surface area (Å²) in [5, 5.41) is 35.3. The van der Waals surface area contributed by atoms with Gasteiger partial charge in [0.25, 0.3) is 5.91 Å². The molecule has 3 aromatic rings. The highest BCUT2D eigenvalue weighted by molar-refractivity contribution is 6.02. The number of nitrogens with zero attached hydrogens (tertiary/aromatic N) is 4. The van der Waals surface area contributed by atoms with Crippen LogP contribution in [-0.2, 0) is 6.18 Å². The van der Waals surface area contributed by atoms with Gasteiger partial charge in [-0.25, -0.2) is 4.99 Å². The molecule has 1 aliphatic heterocycles. The number of aromatic nitrogens is 1. The average molecular weight is 469 g/mol. The van der Waals surface area contributed by atoms with Crippen molar-refractivity contribution in [3.05, 3.63) is 66.0 Å². The minimum atomic E-state index is -4.75. The maximum Gasteiger partial charge on any atom is 0.417 e. The zero-order valence-corrected chi connectivity index (χ0v) is 18.4. The summed E-state index contributed by atoms with van der Waals surface area (Å²) in [6.45, 7) is 3.27. The van der Waals surface area contributed by atoms with Crippen molar-refractivity contribution in [2.24, 2.45) is 4.99 Å². The molecule has 0 saturated heterocycles. The van der Waals surface area contributed by atoms with Crippen molar-refractivity contribution in [2.45, 2.75) is 37.9 Å². The van der Waals surface area contributed by atoms with Gasteiger partial charge in [0.15, 0.2) is 0 Å². The Labute approximate surface area is 193 Å². The van der Waals surface area contributed by atoms with Crippen LogP contribution in [0.3, 0.4) is 0 Å². The molecule has 0 fully saturated rings. The van der Waals surface area contributed by atoms with Gasteiger partial charge < -0.3 is 20.4 Å². The molecule has 0 spiro atoms. The Morgan fingerprint density at radius 3 is 2.62 bits per heavy atom. The lowest BCUT2D eigenvalue weighted by Crippen LogP contribution is -2.56. The molecule has 0 radical (unpaired) electrons. The molecular formula is C24H22F3N5O2. The van der Waals surface area contributed by atoms with Gasteiger partial charge in [-0.1, -0.05) is 12.1 Å². The monoisotopic (exact) mass is 469 g/mol. The fraction of sp³-hybridized carbons (Fsp3) is 0.292. The molecule has 0 bridgehead atoms. The molecule has 0 unspecified atom stereocenters. The molecule has 34 heavy (non-hydrogen) atoms. The van der Waals surface area contributed by atoms with Crippen LogP contribution in [0.5, 0.6) is 0 Å². The van der Waals surface area contributed by atoms with Gasteiger partial charge in [-0.2, -0.15) is 18.4 Å². The first kappa shape index (κ1) is 23.5. The summed E-state index contributed by atoms with van der Waals surface area (Å²) in [6.07, 6.45) is -1.15. The number of aliphatic hydroxyl groups is 2. The van der Waals surface area contributed by atoms with E-state index in [1.807, 2.05) is 24.3 Å². The standard InChI is InChI=1S/C24H22F3N5O2/c1-22(2)24(33,34)31-21(9-11-30-20-5-3-4-16-14-29-10-8-18(16)20)32(22)17-7-6-15(13-28)19(12-17)23(25,26)27/h3-8,10,12,14,30,33-34H,9,11H2,1-2H3. The number of nitrogens with one attached hydrogen (secondary N) is 1. The summed E-state index contributed by atoms with van der Waals surface area (Å²) in [4.78, 5) is 9.49. The van der Waals surface area contributed by atoms with E-state index in [1.54, 1.807) is 18.5 Å². The van der Waals surface area contributed by atoms with Gasteiger partial charge in [0, 0.05) is 47.5 Å². The normalized spacial score (nSPS) is 16.9. The van der Waals surface area contributed by atoms with E-state index in [0.29, 0.717) is 6.54 Å². The molecule has 2 aromatic carbocycles. The van der Waals surface area contributed by atoms with Crippen LogP contribution in [0.4, 0.5) is 24.5 Å².